The fraction of sp³-hybridized carbons (Fsp3) is 0.296. The van der Waals surface area contributed by atoms with Gasteiger partial charge in [0, 0.05) is 56.3 Å². The van der Waals surface area contributed by atoms with Crippen LogP contribution in [-0.4, -0.2) is 0 Å². The van der Waals surface area contributed by atoms with Gasteiger partial charge in [-0.3, -0.25) is 0 Å². The van der Waals surface area contributed by atoms with Crippen LogP contribution in [-0.2, 0) is 5.88 Å². The second-order valence-electron chi connectivity index (χ2n) is 16.4. The molecule has 2 heterocycles. The van der Waals surface area contributed by atoms with E-state index in [0.717, 1.165) is 61.1 Å². The number of halogens is 1. The number of hydrogen-bond donors (Lipinski definition) is 0. The van der Waals surface area contributed by atoms with E-state index in [1.54, 1.807) is 0 Å². The van der Waals surface area contributed by atoms with Gasteiger partial charge in [0.15, 0.2) is 0 Å². The third-order valence-corrected chi connectivity index (χ3v) is 12.7. The topological polar surface area (TPSA) is 29.5 Å². The molecule has 9 aromatic rings. The van der Waals surface area contributed by atoms with Crippen molar-refractivity contribution in [3.63, 3.8) is 0 Å². The molecule has 0 radical (unpaired) electrons. The Labute approximate surface area is 347 Å². The fourth-order valence-electron chi connectivity index (χ4n) is 9.32. The Balaban J connectivity index is 1.14. The summed E-state index contributed by atoms with van der Waals surface area (Å²) in [6.07, 6.45) is 15.8. The molecule has 2 aromatic heterocycles. The number of hydrogen-bond acceptors (Lipinski definition) is 3. The molecule has 0 saturated carbocycles. The van der Waals surface area contributed by atoms with Gasteiger partial charge in [-0.25, -0.2) is 0 Å². The second kappa shape index (κ2) is 17.3. The smallest absolute Gasteiger partial charge is 0.137 e. The van der Waals surface area contributed by atoms with E-state index in [2.05, 4.69) is 134 Å². The highest BCUT2D eigenvalue weighted by atomic mass is 35.5. The van der Waals surface area contributed by atoms with Crippen molar-refractivity contribution in [1.29, 1.82) is 0 Å². The second-order valence-corrected chi connectivity index (χ2v) is 16.7. The van der Waals surface area contributed by atoms with Gasteiger partial charge in [-0.1, -0.05) is 139 Å². The fourth-order valence-corrected chi connectivity index (χ4v) is 9.49. The van der Waals surface area contributed by atoms with Crippen molar-refractivity contribution in [2.45, 2.75) is 103 Å². The van der Waals surface area contributed by atoms with E-state index in [1.807, 2.05) is 12.1 Å². The molecule has 4 heteroatoms. The van der Waals surface area contributed by atoms with Crippen molar-refractivity contribution in [2.75, 3.05) is 4.90 Å². The van der Waals surface area contributed by atoms with E-state index >= 15 is 0 Å². The summed E-state index contributed by atoms with van der Waals surface area (Å²) >= 11 is 6.24. The first-order valence-corrected chi connectivity index (χ1v) is 22.3. The third kappa shape index (κ3) is 7.58. The summed E-state index contributed by atoms with van der Waals surface area (Å²) in [5, 5.41) is 9.39. The van der Waals surface area contributed by atoms with Crippen LogP contribution >= 0.6 is 11.6 Å². The molecule has 0 saturated heterocycles. The van der Waals surface area contributed by atoms with Crippen LogP contribution in [0, 0.1) is 0 Å². The average Bonchev–Trinajstić information content (AvgIpc) is 3.82. The Morgan fingerprint density at radius 1 is 0.466 bits per heavy atom. The van der Waals surface area contributed by atoms with Crippen molar-refractivity contribution in [1.82, 2.24) is 0 Å². The molecule has 7 aromatic carbocycles. The van der Waals surface area contributed by atoms with Gasteiger partial charge in [0.2, 0.25) is 0 Å². The van der Waals surface area contributed by atoms with E-state index in [-0.39, 0.29) is 0 Å². The summed E-state index contributed by atoms with van der Waals surface area (Å²) in [4.78, 5) is 2.37. The highest BCUT2D eigenvalue weighted by Crippen LogP contribution is 2.45. The van der Waals surface area contributed by atoms with Crippen LogP contribution in [0.15, 0.2) is 136 Å². The van der Waals surface area contributed by atoms with Gasteiger partial charge in [0.1, 0.15) is 22.3 Å². The summed E-state index contributed by atoms with van der Waals surface area (Å²) in [6.45, 7) is 4.60. The van der Waals surface area contributed by atoms with Crippen molar-refractivity contribution in [2.24, 2.45) is 0 Å². The lowest BCUT2D eigenvalue weighted by molar-refractivity contribution is 0.491. The zero-order chi connectivity index (χ0) is 39.4. The first-order valence-electron chi connectivity index (χ1n) is 21.8. The molecule has 1 unspecified atom stereocenters. The number of anilines is 3. The molecule has 0 fully saturated rings. The molecule has 0 bridgehead atoms. The van der Waals surface area contributed by atoms with E-state index in [4.69, 9.17) is 20.4 Å². The Morgan fingerprint density at radius 3 is 1.71 bits per heavy atom. The minimum atomic E-state index is 0.466. The minimum absolute atomic E-state index is 0.466. The Kier molecular flexibility index (Phi) is 11.4. The Hall–Kier alpha value is -5.25. The lowest BCUT2D eigenvalue weighted by Crippen LogP contribution is -2.10. The number of nitrogens with zero attached hydrogens (tertiary/aromatic N) is 1. The lowest BCUT2D eigenvalue weighted by Gasteiger charge is -2.27. The summed E-state index contributed by atoms with van der Waals surface area (Å²) in [5.74, 6) is 1.05. The number of fused-ring (bicyclic) bond motifs is 9. The number of alkyl halides is 1. The molecule has 294 valence electrons. The van der Waals surface area contributed by atoms with Crippen LogP contribution in [0.4, 0.5) is 17.1 Å². The van der Waals surface area contributed by atoms with Crippen LogP contribution < -0.4 is 4.90 Å². The predicted octanol–water partition coefficient (Wildman–Crippen LogP) is 17.8. The molecule has 0 spiro atoms. The average molecular weight is 784 g/mol. The molecule has 0 aliphatic heterocycles. The predicted molar refractivity (Wildman–Crippen MR) is 250 cm³/mol. The summed E-state index contributed by atoms with van der Waals surface area (Å²) < 4.78 is 13.2. The van der Waals surface area contributed by atoms with Gasteiger partial charge >= 0.3 is 0 Å². The normalized spacial score (nSPS) is 12.5. The molecular formula is C54H54ClNO2. The largest absolute Gasteiger partial charge is 0.456 e. The molecule has 1 atom stereocenters. The van der Waals surface area contributed by atoms with E-state index < -0.39 is 0 Å². The molecule has 58 heavy (non-hydrogen) atoms. The van der Waals surface area contributed by atoms with Gasteiger partial charge in [0.25, 0.3) is 0 Å². The summed E-state index contributed by atoms with van der Waals surface area (Å²) in [6, 6.07) is 46.4. The minimum Gasteiger partial charge on any atom is -0.456 e. The number of benzene rings is 7. The van der Waals surface area contributed by atoms with Crippen molar-refractivity contribution < 1.29 is 8.83 Å². The lowest BCUT2D eigenvalue weighted by atomic mass is 9.87. The van der Waals surface area contributed by atoms with Crippen LogP contribution in [0.1, 0.15) is 108 Å². The highest BCUT2D eigenvalue weighted by Gasteiger charge is 2.21. The van der Waals surface area contributed by atoms with Gasteiger partial charge in [-0.05, 0) is 101 Å². The van der Waals surface area contributed by atoms with Gasteiger partial charge in [-0.2, -0.15) is 0 Å². The maximum atomic E-state index is 6.73. The SMILES string of the molecule is CCCCCCCCC(CCCCCC)c1ccc2oc3cc(N(c4ccc5c(c4)oc4ccc(CCl)cc45)c4cc5ccccc5c5ccccc45)ccc3c2c1. The third-order valence-electron chi connectivity index (χ3n) is 12.4. The maximum Gasteiger partial charge on any atom is 0.137 e. The monoisotopic (exact) mass is 783 g/mol. The first kappa shape index (κ1) is 38.3. The van der Waals surface area contributed by atoms with E-state index in [1.165, 1.54) is 110 Å². The van der Waals surface area contributed by atoms with Crippen LogP contribution in [0.25, 0.3) is 65.4 Å². The van der Waals surface area contributed by atoms with Crippen LogP contribution in [0.2, 0.25) is 0 Å². The molecule has 0 aliphatic carbocycles. The van der Waals surface area contributed by atoms with E-state index in [0.29, 0.717) is 11.8 Å². The molecule has 0 N–H and O–H groups in total. The van der Waals surface area contributed by atoms with Gasteiger partial charge in [-0.15, -0.1) is 11.6 Å². The Morgan fingerprint density at radius 2 is 1.03 bits per heavy atom. The van der Waals surface area contributed by atoms with Crippen molar-refractivity contribution in [3.05, 3.63) is 139 Å². The quantitative estimate of drug-likeness (QED) is 0.0523. The number of rotatable bonds is 17. The Bertz CT molecular complexity index is 2850. The zero-order valence-electron chi connectivity index (χ0n) is 34.0. The molecule has 0 amide bonds. The molecule has 3 nitrogen and oxygen atoms in total. The highest BCUT2D eigenvalue weighted by molar-refractivity contribution is 6.18. The summed E-state index contributed by atoms with van der Waals surface area (Å²) in [7, 11) is 0. The first-order chi connectivity index (χ1) is 28.6. The molecule has 0 aliphatic rings. The van der Waals surface area contributed by atoms with Crippen molar-refractivity contribution >= 4 is 94.1 Å². The maximum absolute atomic E-state index is 6.73. The number of unbranched alkanes of at least 4 members (excludes halogenated alkanes) is 8. The summed E-state index contributed by atoms with van der Waals surface area (Å²) in [5.41, 5.74) is 9.25. The van der Waals surface area contributed by atoms with Crippen LogP contribution in [0.5, 0.6) is 0 Å². The van der Waals surface area contributed by atoms with Gasteiger partial charge in [0.05, 0.1) is 5.69 Å². The zero-order valence-corrected chi connectivity index (χ0v) is 34.8. The van der Waals surface area contributed by atoms with Crippen LogP contribution in [0.3, 0.4) is 0 Å². The van der Waals surface area contributed by atoms with Gasteiger partial charge < -0.3 is 13.7 Å². The standard InChI is InChI=1S/C54H54ClNO2/c1-3-5-7-9-10-12-18-38(17-11-8-6-4-2)39-24-30-52-49(32-39)47-28-26-42(35-54(47)58-52)56(50-33-40-19-13-14-20-43(40)44-21-15-16-22-45(44)50)41-25-27-46-48-31-37(36-55)23-29-51(48)57-53(46)34-41/h13-16,19-35,38H,3-12,17-18,36H2,1-2H3. The van der Waals surface area contributed by atoms with E-state index in [9.17, 15) is 0 Å². The number of furan rings is 2. The molecule has 9 rings (SSSR count). The molecular weight excluding hydrogens is 730 g/mol. The van der Waals surface area contributed by atoms with Crippen molar-refractivity contribution in [3.8, 4) is 0 Å².